The molecule has 2 heterocycles. The molecule has 1 N–H and O–H groups in total. The molecule has 3 aliphatic rings. The monoisotopic (exact) mass is 397 g/mol. The van der Waals surface area contributed by atoms with E-state index in [1.807, 2.05) is 24.3 Å². The molecule has 0 aromatic heterocycles. The van der Waals surface area contributed by atoms with Crippen LogP contribution in [0.3, 0.4) is 0 Å². The molecule has 6 nitrogen and oxygen atoms in total. The van der Waals surface area contributed by atoms with Crippen molar-refractivity contribution in [2.75, 3.05) is 29.9 Å². The second kappa shape index (κ2) is 8.56. The number of benzene rings is 1. The molecule has 4 rings (SSSR count). The van der Waals surface area contributed by atoms with Gasteiger partial charge in [0, 0.05) is 37.4 Å². The van der Waals surface area contributed by atoms with Gasteiger partial charge in [-0.1, -0.05) is 19.8 Å². The minimum atomic E-state index is -0.167. The van der Waals surface area contributed by atoms with Crippen molar-refractivity contribution in [1.82, 2.24) is 4.90 Å². The van der Waals surface area contributed by atoms with E-state index in [2.05, 4.69) is 17.1 Å². The van der Waals surface area contributed by atoms with Crippen LogP contribution in [0.25, 0.3) is 0 Å². The summed E-state index contributed by atoms with van der Waals surface area (Å²) in [6.07, 6.45) is 6.22. The third-order valence-electron chi connectivity index (χ3n) is 6.79. The zero-order valence-electron chi connectivity index (χ0n) is 17.2. The highest BCUT2D eigenvalue weighted by Gasteiger charge is 2.47. The standard InChI is InChI=1S/C23H31N3O3/c1-16-10-13-25(14-11-16)18-8-6-17(7-9-18)24-21(27)12-15-26-22(28)19-4-2-3-5-20(19)23(26)29/h6-9,16,19-20H,2-5,10-15H2,1H3,(H,24,27)/t19-,20-/m0/s1. The lowest BCUT2D eigenvalue weighted by Gasteiger charge is -2.32. The van der Waals surface area contributed by atoms with Crippen molar-refractivity contribution in [3.05, 3.63) is 24.3 Å². The largest absolute Gasteiger partial charge is 0.372 e. The Kier molecular flexibility index (Phi) is 5.88. The molecular formula is C23H31N3O3. The van der Waals surface area contributed by atoms with Gasteiger partial charge in [-0.25, -0.2) is 0 Å². The van der Waals surface area contributed by atoms with Gasteiger partial charge in [0.1, 0.15) is 0 Å². The zero-order valence-corrected chi connectivity index (χ0v) is 17.2. The quantitative estimate of drug-likeness (QED) is 0.773. The van der Waals surface area contributed by atoms with Crippen molar-refractivity contribution in [3.8, 4) is 0 Å². The number of carbonyl (C=O) groups excluding carboxylic acids is 3. The van der Waals surface area contributed by atoms with Crippen LogP contribution in [-0.2, 0) is 14.4 Å². The Bertz CT molecular complexity index is 744. The molecule has 2 atom stereocenters. The Balaban J connectivity index is 1.27. The smallest absolute Gasteiger partial charge is 0.233 e. The second-order valence-electron chi connectivity index (χ2n) is 8.84. The van der Waals surface area contributed by atoms with Gasteiger partial charge in [-0.2, -0.15) is 0 Å². The van der Waals surface area contributed by atoms with Crippen molar-refractivity contribution >= 4 is 29.1 Å². The van der Waals surface area contributed by atoms with Crippen LogP contribution in [0.1, 0.15) is 51.9 Å². The van der Waals surface area contributed by atoms with Crippen LogP contribution in [0.4, 0.5) is 11.4 Å². The number of hydrogen-bond acceptors (Lipinski definition) is 4. The Morgan fingerprint density at radius 3 is 2.14 bits per heavy atom. The summed E-state index contributed by atoms with van der Waals surface area (Å²) in [5.41, 5.74) is 1.93. The number of imide groups is 1. The first kappa shape index (κ1) is 19.9. The van der Waals surface area contributed by atoms with E-state index in [9.17, 15) is 14.4 Å². The first-order chi connectivity index (χ1) is 14.0. The molecule has 0 unspecified atom stereocenters. The number of nitrogens with one attached hydrogen (secondary N) is 1. The molecule has 1 aromatic carbocycles. The van der Waals surface area contributed by atoms with Crippen molar-refractivity contribution in [3.63, 3.8) is 0 Å². The Morgan fingerprint density at radius 1 is 0.966 bits per heavy atom. The second-order valence-corrected chi connectivity index (χ2v) is 8.84. The molecule has 29 heavy (non-hydrogen) atoms. The van der Waals surface area contributed by atoms with Crippen LogP contribution in [0.5, 0.6) is 0 Å². The SMILES string of the molecule is CC1CCN(c2ccc(NC(=O)CCN3C(=O)[C@H]4CCCC[C@@H]4C3=O)cc2)CC1. The number of piperidine rings is 1. The molecule has 2 saturated heterocycles. The molecule has 1 saturated carbocycles. The van der Waals surface area contributed by atoms with Gasteiger partial charge in [-0.05, 0) is 55.9 Å². The maximum Gasteiger partial charge on any atom is 0.233 e. The summed E-state index contributed by atoms with van der Waals surface area (Å²) in [6, 6.07) is 7.94. The number of nitrogens with zero attached hydrogens (tertiary/aromatic N) is 2. The van der Waals surface area contributed by atoms with Crippen LogP contribution in [0.2, 0.25) is 0 Å². The summed E-state index contributed by atoms with van der Waals surface area (Å²) in [6.45, 7) is 4.63. The molecule has 156 valence electrons. The van der Waals surface area contributed by atoms with E-state index in [1.54, 1.807) is 0 Å². The average molecular weight is 398 g/mol. The summed E-state index contributed by atoms with van der Waals surface area (Å²) < 4.78 is 0. The fraction of sp³-hybridized carbons (Fsp3) is 0.609. The number of carbonyl (C=O) groups is 3. The Labute approximate surface area is 172 Å². The van der Waals surface area contributed by atoms with Gasteiger partial charge in [0.25, 0.3) is 0 Å². The lowest BCUT2D eigenvalue weighted by molar-refractivity contribution is -0.140. The van der Waals surface area contributed by atoms with E-state index in [0.29, 0.717) is 0 Å². The van der Waals surface area contributed by atoms with Crippen LogP contribution in [0.15, 0.2) is 24.3 Å². The van der Waals surface area contributed by atoms with Crippen molar-refractivity contribution in [1.29, 1.82) is 0 Å². The summed E-state index contributed by atoms with van der Waals surface area (Å²) in [5.74, 6) is 0.179. The van der Waals surface area contributed by atoms with Gasteiger partial charge in [0.05, 0.1) is 11.8 Å². The molecule has 3 fully saturated rings. The summed E-state index contributed by atoms with van der Waals surface area (Å²) >= 11 is 0. The predicted molar refractivity (Wildman–Crippen MR) is 112 cm³/mol. The third kappa shape index (κ3) is 4.31. The summed E-state index contributed by atoms with van der Waals surface area (Å²) in [7, 11) is 0. The van der Waals surface area contributed by atoms with Gasteiger partial charge in [-0.3, -0.25) is 19.3 Å². The first-order valence-corrected chi connectivity index (χ1v) is 11.0. The Morgan fingerprint density at radius 2 is 1.55 bits per heavy atom. The molecule has 6 heteroatoms. The van der Waals surface area contributed by atoms with Gasteiger partial charge in [-0.15, -0.1) is 0 Å². The number of hydrogen-bond donors (Lipinski definition) is 1. The highest BCUT2D eigenvalue weighted by molar-refractivity contribution is 6.05. The number of fused-ring (bicyclic) bond motifs is 1. The third-order valence-corrected chi connectivity index (χ3v) is 6.79. The molecule has 1 aromatic rings. The average Bonchev–Trinajstić information content (AvgIpc) is 2.98. The van der Waals surface area contributed by atoms with E-state index in [-0.39, 0.29) is 42.5 Å². The molecule has 0 bridgehead atoms. The molecule has 2 aliphatic heterocycles. The van der Waals surface area contributed by atoms with Crippen molar-refractivity contribution in [2.24, 2.45) is 17.8 Å². The maximum atomic E-state index is 12.5. The van der Waals surface area contributed by atoms with Crippen LogP contribution < -0.4 is 10.2 Å². The fourth-order valence-electron chi connectivity index (χ4n) is 4.91. The summed E-state index contributed by atoms with van der Waals surface area (Å²) in [5, 5.41) is 2.89. The van der Waals surface area contributed by atoms with E-state index in [1.165, 1.54) is 23.4 Å². The topological polar surface area (TPSA) is 69.7 Å². The predicted octanol–water partition coefficient (Wildman–Crippen LogP) is 3.43. The van der Waals surface area contributed by atoms with Gasteiger partial charge < -0.3 is 10.2 Å². The maximum absolute atomic E-state index is 12.5. The van der Waals surface area contributed by atoms with Crippen molar-refractivity contribution in [2.45, 2.75) is 51.9 Å². The molecule has 3 amide bonds. The highest BCUT2D eigenvalue weighted by atomic mass is 16.2. The van der Waals surface area contributed by atoms with E-state index < -0.39 is 0 Å². The minimum Gasteiger partial charge on any atom is -0.372 e. The van der Waals surface area contributed by atoms with Gasteiger partial charge >= 0.3 is 0 Å². The lowest BCUT2D eigenvalue weighted by atomic mass is 9.81. The molecule has 1 aliphatic carbocycles. The van der Waals surface area contributed by atoms with E-state index in [0.717, 1.165) is 50.4 Å². The highest BCUT2D eigenvalue weighted by Crippen LogP contribution is 2.38. The first-order valence-electron chi connectivity index (χ1n) is 11.0. The van der Waals surface area contributed by atoms with Gasteiger partial charge in [0.2, 0.25) is 17.7 Å². The van der Waals surface area contributed by atoms with Gasteiger partial charge in [0.15, 0.2) is 0 Å². The van der Waals surface area contributed by atoms with Crippen LogP contribution in [-0.4, -0.2) is 42.3 Å². The molecule has 0 radical (unpaired) electrons. The van der Waals surface area contributed by atoms with E-state index >= 15 is 0 Å². The number of anilines is 2. The minimum absolute atomic E-state index is 0.0762. The summed E-state index contributed by atoms with van der Waals surface area (Å²) in [4.78, 5) is 41.0. The van der Waals surface area contributed by atoms with Crippen molar-refractivity contribution < 1.29 is 14.4 Å². The zero-order chi connectivity index (χ0) is 20.4. The Hall–Kier alpha value is -2.37. The number of likely N-dealkylation sites (tertiary alicyclic amines) is 1. The normalized spacial score (nSPS) is 25.3. The van der Waals surface area contributed by atoms with Crippen LogP contribution >= 0.6 is 0 Å². The van der Waals surface area contributed by atoms with Crippen LogP contribution in [0, 0.1) is 17.8 Å². The number of amides is 3. The molecule has 0 spiro atoms. The fourth-order valence-corrected chi connectivity index (χ4v) is 4.91. The van der Waals surface area contributed by atoms with E-state index in [4.69, 9.17) is 0 Å². The number of rotatable bonds is 5. The lowest BCUT2D eigenvalue weighted by Crippen LogP contribution is -2.34. The molecular weight excluding hydrogens is 366 g/mol.